The molecule has 74 valence electrons. The van der Waals surface area contributed by atoms with E-state index >= 15 is 0 Å². The van der Waals surface area contributed by atoms with Crippen LogP contribution in [-0.2, 0) is 0 Å². The molecular formula is C11H12FNO. The van der Waals surface area contributed by atoms with Crippen LogP contribution in [0, 0.1) is 12.7 Å². The van der Waals surface area contributed by atoms with Gasteiger partial charge in [-0.25, -0.2) is 4.39 Å². The maximum atomic E-state index is 13.3. The first-order valence-electron chi connectivity index (χ1n) is 4.23. The Morgan fingerprint density at radius 2 is 2.14 bits per heavy atom. The fraction of sp³-hybridized carbons (Fsp3) is 0.182. The number of phenols is 1. The van der Waals surface area contributed by atoms with Gasteiger partial charge in [-0.3, -0.25) is 4.99 Å². The van der Waals surface area contributed by atoms with E-state index in [0.29, 0.717) is 11.1 Å². The van der Waals surface area contributed by atoms with Crippen LogP contribution in [0.4, 0.5) is 4.39 Å². The standard InChI is InChI=1S/C11H12FNO/c1-8-9(4-3-7-13-2)10(12)5-6-11(8)14/h3-7,14H,1-2H3/b4-3-,13-7+. The van der Waals surface area contributed by atoms with Crippen molar-refractivity contribution in [3.05, 3.63) is 35.2 Å². The molecule has 3 heteroatoms. The molecule has 0 unspecified atom stereocenters. The SMILES string of the molecule is C/N=C/C=C\c1c(F)ccc(O)c1C. The summed E-state index contributed by atoms with van der Waals surface area (Å²) in [5, 5.41) is 9.35. The Hall–Kier alpha value is -1.64. The zero-order valence-corrected chi connectivity index (χ0v) is 8.16. The summed E-state index contributed by atoms with van der Waals surface area (Å²) in [6.07, 6.45) is 4.77. The Morgan fingerprint density at radius 3 is 2.79 bits per heavy atom. The molecule has 0 aliphatic heterocycles. The predicted molar refractivity (Wildman–Crippen MR) is 56.3 cm³/mol. The molecule has 0 aliphatic carbocycles. The van der Waals surface area contributed by atoms with Gasteiger partial charge in [0.25, 0.3) is 0 Å². The van der Waals surface area contributed by atoms with Crippen LogP contribution in [0.15, 0.2) is 23.2 Å². The number of allylic oxidation sites excluding steroid dienone is 1. The van der Waals surface area contributed by atoms with Crippen molar-refractivity contribution in [1.29, 1.82) is 0 Å². The summed E-state index contributed by atoms with van der Waals surface area (Å²) in [6, 6.07) is 2.58. The van der Waals surface area contributed by atoms with Gasteiger partial charge in [0.1, 0.15) is 11.6 Å². The minimum absolute atomic E-state index is 0.0967. The van der Waals surface area contributed by atoms with Crippen LogP contribution in [0.3, 0.4) is 0 Å². The number of benzene rings is 1. The van der Waals surface area contributed by atoms with Crippen molar-refractivity contribution >= 4 is 12.3 Å². The summed E-state index contributed by atoms with van der Waals surface area (Å²) < 4.78 is 13.3. The third-order valence-electron chi connectivity index (χ3n) is 1.93. The minimum Gasteiger partial charge on any atom is -0.508 e. The summed E-state index contributed by atoms with van der Waals surface area (Å²) in [6.45, 7) is 1.67. The van der Waals surface area contributed by atoms with Gasteiger partial charge in [0.2, 0.25) is 0 Å². The second-order valence-electron chi connectivity index (χ2n) is 2.87. The number of aliphatic imine (C=N–C) groups is 1. The summed E-state index contributed by atoms with van der Waals surface area (Å²) in [5.41, 5.74) is 0.927. The van der Waals surface area contributed by atoms with Crippen LogP contribution in [-0.4, -0.2) is 18.4 Å². The molecule has 0 atom stereocenters. The van der Waals surface area contributed by atoms with Crippen molar-refractivity contribution < 1.29 is 9.50 Å². The Morgan fingerprint density at radius 1 is 1.43 bits per heavy atom. The molecule has 1 aromatic rings. The van der Waals surface area contributed by atoms with E-state index in [1.807, 2.05) is 0 Å². The van der Waals surface area contributed by atoms with Crippen molar-refractivity contribution in [3.63, 3.8) is 0 Å². The average Bonchev–Trinajstić information content (AvgIpc) is 2.18. The normalized spacial score (nSPS) is 11.6. The van der Waals surface area contributed by atoms with Crippen LogP contribution in [0.25, 0.3) is 6.08 Å². The fourth-order valence-electron chi connectivity index (χ4n) is 1.11. The van der Waals surface area contributed by atoms with Gasteiger partial charge in [0.15, 0.2) is 0 Å². The van der Waals surface area contributed by atoms with Crippen LogP contribution < -0.4 is 0 Å². The molecule has 0 aromatic heterocycles. The third kappa shape index (κ3) is 2.19. The van der Waals surface area contributed by atoms with Gasteiger partial charge in [0, 0.05) is 24.4 Å². The molecule has 1 N–H and O–H groups in total. The second-order valence-corrected chi connectivity index (χ2v) is 2.87. The molecule has 0 radical (unpaired) electrons. The van der Waals surface area contributed by atoms with E-state index in [9.17, 15) is 9.50 Å². The van der Waals surface area contributed by atoms with Crippen molar-refractivity contribution in [2.24, 2.45) is 4.99 Å². The zero-order valence-electron chi connectivity index (χ0n) is 8.16. The lowest BCUT2D eigenvalue weighted by Gasteiger charge is -2.03. The van der Waals surface area contributed by atoms with E-state index in [2.05, 4.69) is 4.99 Å². The Kier molecular flexibility index (Phi) is 3.40. The van der Waals surface area contributed by atoms with E-state index in [1.54, 1.807) is 32.3 Å². The highest BCUT2D eigenvalue weighted by molar-refractivity contribution is 5.79. The Labute approximate surface area is 82.4 Å². The second kappa shape index (κ2) is 4.56. The lowest BCUT2D eigenvalue weighted by atomic mass is 10.1. The molecule has 0 bridgehead atoms. The van der Waals surface area contributed by atoms with E-state index in [0.717, 1.165) is 0 Å². The maximum Gasteiger partial charge on any atom is 0.130 e. The first kappa shape index (κ1) is 10.4. The molecule has 0 saturated heterocycles. The quantitative estimate of drug-likeness (QED) is 0.719. The van der Waals surface area contributed by atoms with Crippen molar-refractivity contribution in [2.45, 2.75) is 6.92 Å². The van der Waals surface area contributed by atoms with Gasteiger partial charge in [-0.15, -0.1) is 0 Å². The van der Waals surface area contributed by atoms with Gasteiger partial charge in [-0.2, -0.15) is 0 Å². The molecule has 0 spiro atoms. The predicted octanol–water partition coefficient (Wildman–Crippen LogP) is 2.55. The lowest BCUT2D eigenvalue weighted by molar-refractivity contribution is 0.468. The van der Waals surface area contributed by atoms with Gasteiger partial charge in [-0.05, 0) is 25.1 Å². The molecule has 2 nitrogen and oxygen atoms in total. The van der Waals surface area contributed by atoms with Gasteiger partial charge in [-0.1, -0.05) is 6.08 Å². The Bertz CT molecular complexity index is 383. The molecular weight excluding hydrogens is 181 g/mol. The molecule has 0 aliphatic rings. The summed E-state index contributed by atoms with van der Waals surface area (Å²) in [7, 11) is 1.63. The number of rotatable bonds is 2. The van der Waals surface area contributed by atoms with Gasteiger partial charge in [0.05, 0.1) is 0 Å². The highest BCUT2D eigenvalue weighted by Crippen LogP contribution is 2.23. The minimum atomic E-state index is -0.346. The molecule has 1 rings (SSSR count). The molecule has 0 saturated carbocycles. The topological polar surface area (TPSA) is 32.6 Å². The summed E-state index contributed by atoms with van der Waals surface area (Å²) in [5.74, 6) is -0.249. The Balaban J connectivity index is 3.12. The number of hydrogen-bond donors (Lipinski definition) is 1. The van der Waals surface area contributed by atoms with Crippen LogP contribution in [0.1, 0.15) is 11.1 Å². The fourth-order valence-corrected chi connectivity index (χ4v) is 1.11. The first-order chi connectivity index (χ1) is 6.66. The van der Waals surface area contributed by atoms with Crippen molar-refractivity contribution in [3.8, 4) is 5.75 Å². The third-order valence-corrected chi connectivity index (χ3v) is 1.93. The highest BCUT2D eigenvalue weighted by Gasteiger charge is 2.05. The van der Waals surface area contributed by atoms with Crippen molar-refractivity contribution in [1.82, 2.24) is 0 Å². The largest absolute Gasteiger partial charge is 0.508 e. The molecule has 14 heavy (non-hydrogen) atoms. The smallest absolute Gasteiger partial charge is 0.130 e. The molecule has 1 aromatic carbocycles. The summed E-state index contributed by atoms with van der Waals surface area (Å²) in [4.78, 5) is 3.74. The lowest BCUT2D eigenvalue weighted by Crippen LogP contribution is -1.87. The number of aromatic hydroxyl groups is 1. The van der Waals surface area contributed by atoms with E-state index in [-0.39, 0.29) is 11.6 Å². The number of halogens is 1. The first-order valence-corrected chi connectivity index (χ1v) is 4.23. The van der Waals surface area contributed by atoms with Crippen LogP contribution in [0.5, 0.6) is 5.75 Å². The van der Waals surface area contributed by atoms with Crippen molar-refractivity contribution in [2.75, 3.05) is 7.05 Å². The van der Waals surface area contributed by atoms with Gasteiger partial charge < -0.3 is 5.11 Å². The number of phenolic OH excluding ortho intramolecular Hbond substituents is 1. The number of hydrogen-bond acceptors (Lipinski definition) is 2. The summed E-state index contributed by atoms with van der Waals surface area (Å²) >= 11 is 0. The van der Waals surface area contributed by atoms with E-state index in [1.165, 1.54) is 12.1 Å². The van der Waals surface area contributed by atoms with E-state index < -0.39 is 0 Å². The van der Waals surface area contributed by atoms with Crippen LogP contribution >= 0.6 is 0 Å². The van der Waals surface area contributed by atoms with Crippen LogP contribution in [0.2, 0.25) is 0 Å². The molecule has 0 heterocycles. The molecule has 0 amide bonds. The monoisotopic (exact) mass is 193 g/mol. The zero-order chi connectivity index (χ0) is 10.6. The van der Waals surface area contributed by atoms with Gasteiger partial charge >= 0.3 is 0 Å². The number of nitrogens with zero attached hydrogens (tertiary/aromatic N) is 1. The maximum absolute atomic E-state index is 13.3. The average molecular weight is 193 g/mol. The highest BCUT2D eigenvalue weighted by atomic mass is 19.1. The van der Waals surface area contributed by atoms with E-state index in [4.69, 9.17) is 0 Å². The molecule has 0 fully saturated rings.